The molecule has 3 rings (SSSR count). The third kappa shape index (κ3) is 5.46. The van der Waals surface area contributed by atoms with Crippen molar-refractivity contribution in [1.29, 1.82) is 0 Å². The topological polar surface area (TPSA) is 130 Å². The molecule has 2 atom stereocenters. The number of nitrogens with one attached hydrogen (secondary N) is 1. The molecule has 1 aliphatic heterocycles. The molecule has 1 heterocycles. The lowest BCUT2D eigenvalue weighted by atomic mass is 10.1. The molecule has 0 saturated carbocycles. The Labute approximate surface area is 194 Å². The summed E-state index contributed by atoms with van der Waals surface area (Å²) in [6.07, 6.45) is 0. The van der Waals surface area contributed by atoms with Gasteiger partial charge in [-0.2, -0.15) is 0 Å². The lowest BCUT2D eigenvalue weighted by Gasteiger charge is -2.45. The fourth-order valence-corrected chi connectivity index (χ4v) is 6.44. The molecule has 0 radical (unpaired) electrons. The molecule has 2 aromatic rings. The first-order valence-electron chi connectivity index (χ1n) is 9.57. The number of rotatable bonds is 9. The summed E-state index contributed by atoms with van der Waals surface area (Å²) in [7, 11) is -3.64. The largest absolute Gasteiger partial charge is 0.484 e. The van der Waals surface area contributed by atoms with Gasteiger partial charge in [-0.25, -0.2) is 13.2 Å². The van der Waals surface area contributed by atoms with E-state index in [-0.39, 0.29) is 4.90 Å². The van der Waals surface area contributed by atoms with E-state index in [4.69, 9.17) is 4.74 Å². The summed E-state index contributed by atoms with van der Waals surface area (Å²) in [6.45, 7) is 4.65. The number of carboxylic acids is 1. The van der Waals surface area contributed by atoms with Gasteiger partial charge >= 0.3 is 5.97 Å². The number of hydrogen-bond donors (Lipinski definition) is 2. The number of benzene rings is 2. The van der Waals surface area contributed by atoms with Crippen LogP contribution in [0.3, 0.4) is 0 Å². The third-order valence-electron chi connectivity index (χ3n) is 4.62. The molecule has 2 amide bonds. The zero-order valence-electron chi connectivity index (χ0n) is 17.4. The third-order valence-corrected chi connectivity index (χ3v) is 8.33. The highest BCUT2D eigenvalue weighted by Gasteiger charge is 2.54. The summed E-state index contributed by atoms with van der Waals surface area (Å²) in [5.41, 5.74) is 2.39. The van der Waals surface area contributed by atoms with Crippen LogP contribution < -0.4 is 10.1 Å². The molecule has 0 spiro atoms. The zero-order valence-corrected chi connectivity index (χ0v) is 19.1. The zero-order chi connectivity index (χ0) is 24.2. The summed E-state index contributed by atoms with van der Waals surface area (Å²) in [6, 6.07) is 13.3. The fourth-order valence-electron chi connectivity index (χ4n) is 2.97. The van der Waals surface area contributed by atoms with Crippen LogP contribution in [0.1, 0.15) is 5.56 Å². The number of ether oxygens (including phenoxy) is 1. The van der Waals surface area contributed by atoms with E-state index in [1.165, 1.54) is 12.1 Å². The van der Waals surface area contributed by atoms with Crippen molar-refractivity contribution < 1.29 is 32.6 Å². The molecule has 172 valence electrons. The number of carbonyl (C=O) groups excluding carboxylic acids is 2. The number of nitrogens with zero attached hydrogens (tertiary/aromatic N) is 1. The van der Waals surface area contributed by atoms with E-state index < -0.39 is 50.4 Å². The van der Waals surface area contributed by atoms with Gasteiger partial charge in [-0.05, 0) is 31.2 Å². The highest BCUT2D eigenvalue weighted by atomic mass is 33.1. The first kappa shape index (κ1) is 24.1. The van der Waals surface area contributed by atoms with Gasteiger partial charge in [0, 0.05) is 10.8 Å². The second-order valence-corrected chi connectivity index (χ2v) is 10.9. The number of β-lactam (4-membered cyclic amide) rings is 1. The van der Waals surface area contributed by atoms with E-state index in [0.717, 1.165) is 10.5 Å². The van der Waals surface area contributed by atoms with Crippen LogP contribution in [-0.4, -0.2) is 54.2 Å². The number of carboxylic acid groups (broad SMARTS) is 1. The number of para-hydroxylation sites is 1. The van der Waals surface area contributed by atoms with Gasteiger partial charge in [-0.15, -0.1) is 0 Å². The lowest BCUT2D eigenvalue weighted by Crippen LogP contribution is -2.69. The Kier molecular flexibility index (Phi) is 7.27. The maximum absolute atomic E-state index is 12.9. The summed E-state index contributed by atoms with van der Waals surface area (Å²) in [5, 5.41) is 10.5. The van der Waals surface area contributed by atoms with Crippen LogP contribution in [-0.2, 0) is 23.3 Å². The molecular formula is C22H20N2O7S2. The SMILES string of the molecule is C=C=C(C(=O)O)N1C(=O)[C@@H](NC(=O)COc2ccccc2)[C@H]1SS(=O)(=O)c1ccc(C)cc1. The van der Waals surface area contributed by atoms with Crippen LogP contribution >= 0.6 is 10.8 Å². The van der Waals surface area contributed by atoms with Crippen molar-refractivity contribution in [3.05, 3.63) is 78.2 Å². The fraction of sp³-hybridized carbons (Fsp3) is 0.182. The molecule has 11 heteroatoms. The van der Waals surface area contributed by atoms with E-state index in [9.17, 15) is 27.9 Å². The maximum atomic E-state index is 12.9. The van der Waals surface area contributed by atoms with Crippen molar-refractivity contribution in [2.24, 2.45) is 0 Å². The Balaban J connectivity index is 1.80. The molecule has 2 N–H and O–H groups in total. The number of likely N-dealkylation sites (tertiary alicyclic amines) is 1. The Bertz CT molecular complexity index is 1220. The number of hydrogen-bond acceptors (Lipinski definition) is 7. The minimum atomic E-state index is -4.00. The van der Waals surface area contributed by atoms with Gasteiger partial charge in [0.15, 0.2) is 12.3 Å². The van der Waals surface area contributed by atoms with Crippen LogP contribution in [0.25, 0.3) is 0 Å². The van der Waals surface area contributed by atoms with Crippen LogP contribution in [0.15, 0.2) is 77.5 Å². The van der Waals surface area contributed by atoms with Crippen molar-refractivity contribution in [1.82, 2.24) is 10.2 Å². The predicted molar refractivity (Wildman–Crippen MR) is 121 cm³/mol. The standard InChI is InChI=1S/C22H20N2O7S2/c1-3-17(22(27)28)24-20(26)19(23-18(25)13-31-15-7-5-4-6-8-15)21(24)32-33(29,30)16-11-9-14(2)10-12-16/h4-12,19,21H,1,13H2,2H3,(H,23,25)(H,27,28)/t19-,21-/m1/s1. The first-order valence-corrected chi connectivity index (χ1v) is 12.5. The van der Waals surface area contributed by atoms with Crippen molar-refractivity contribution in [2.75, 3.05) is 6.61 Å². The van der Waals surface area contributed by atoms with Crippen LogP contribution in [0.4, 0.5) is 0 Å². The highest BCUT2D eigenvalue weighted by molar-refractivity contribution is 8.72. The van der Waals surface area contributed by atoms with Gasteiger partial charge in [0.05, 0.1) is 4.90 Å². The molecule has 0 aromatic heterocycles. The molecule has 0 bridgehead atoms. The summed E-state index contributed by atoms with van der Waals surface area (Å²) in [4.78, 5) is 37.3. The maximum Gasteiger partial charge on any atom is 0.360 e. The molecule has 0 aliphatic carbocycles. The Hall–Kier alpha value is -3.53. The van der Waals surface area contributed by atoms with Crippen LogP contribution in [0, 0.1) is 6.92 Å². The minimum absolute atomic E-state index is 0.0191. The smallest absolute Gasteiger partial charge is 0.360 e. The van der Waals surface area contributed by atoms with Crippen molar-refractivity contribution in [3.8, 4) is 5.75 Å². The average Bonchev–Trinajstić information content (AvgIpc) is 2.79. The van der Waals surface area contributed by atoms with Crippen molar-refractivity contribution in [2.45, 2.75) is 23.2 Å². The second-order valence-electron chi connectivity index (χ2n) is 6.94. The number of aryl methyl sites for hydroxylation is 1. The number of aliphatic carboxylic acids is 1. The van der Waals surface area contributed by atoms with Gasteiger partial charge < -0.3 is 15.2 Å². The Morgan fingerprint density at radius 2 is 1.82 bits per heavy atom. The van der Waals surface area contributed by atoms with E-state index >= 15 is 0 Å². The molecule has 1 saturated heterocycles. The van der Waals surface area contributed by atoms with E-state index in [0.29, 0.717) is 16.5 Å². The molecule has 2 aromatic carbocycles. The quantitative estimate of drug-likeness (QED) is 0.237. The Morgan fingerprint density at radius 3 is 2.39 bits per heavy atom. The van der Waals surface area contributed by atoms with Gasteiger partial charge in [0.25, 0.3) is 11.8 Å². The molecule has 33 heavy (non-hydrogen) atoms. The van der Waals surface area contributed by atoms with Gasteiger partial charge in [0.2, 0.25) is 8.87 Å². The predicted octanol–water partition coefficient (Wildman–Crippen LogP) is 1.90. The molecule has 1 fully saturated rings. The molecular weight excluding hydrogens is 468 g/mol. The average molecular weight is 489 g/mol. The second kappa shape index (κ2) is 9.95. The number of amides is 2. The van der Waals surface area contributed by atoms with Gasteiger partial charge in [0.1, 0.15) is 17.2 Å². The van der Waals surface area contributed by atoms with Crippen molar-refractivity contribution in [3.63, 3.8) is 0 Å². The number of carbonyl (C=O) groups is 3. The van der Waals surface area contributed by atoms with E-state index in [2.05, 4.69) is 17.6 Å². The Morgan fingerprint density at radius 1 is 1.18 bits per heavy atom. The summed E-state index contributed by atoms with van der Waals surface area (Å²) in [5.74, 6) is -2.54. The first-order chi connectivity index (χ1) is 15.6. The molecule has 9 nitrogen and oxygen atoms in total. The summed E-state index contributed by atoms with van der Waals surface area (Å²) >= 11 is 0. The van der Waals surface area contributed by atoms with E-state index in [1.54, 1.807) is 49.4 Å². The van der Waals surface area contributed by atoms with E-state index in [1.807, 2.05) is 0 Å². The highest BCUT2D eigenvalue weighted by Crippen LogP contribution is 2.39. The summed E-state index contributed by atoms with van der Waals surface area (Å²) < 4.78 is 31.2. The lowest BCUT2D eigenvalue weighted by molar-refractivity contribution is -0.150. The van der Waals surface area contributed by atoms with Gasteiger partial charge in [-0.1, -0.05) is 48.2 Å². The van der Waals surface area contributed by atoms with Gasteiger partial charge in [-0.3, -0.25) is 14.5 Å². The van der Waals surface area contributed by atoms with Crippen molar-refractivity contribution >= 4 is 37.4 Å². The normalized spacial score (nSPS) is 17.5. The monoisotopic (exact) mass is 488 g/mol. The molecule has 0 unspecified atom stereocenters. The van der Waals surface area contributed by atoms with Crippen LogP contribution in [0.2, 0.25) is 0 Å². The van der Waals surface area contributed by atoms with Crippen LogP contribution in [0.5, 0.6) is 5.75 Å². The molecule has 1 aliphatic rings. The minimum Gasteiger partial charge on any atom is -0.484 e.